The molecule has 0 spiro atoms. The SMILES string of the molecule is C=C1CO[C@@H]2Cn3cc(C(=O)NCc4ccc(F)cc4F)c(=O)c(OCOC(=O)OCCN4CCN(C)CC4)c3C(=O)N12. The fourth-order valence-corrected chi connectivity index (χ4v) is 4.97. The highest BCUT2D eigenvalue weighted by Crippen LogP contribution is 2.31. The van der Waals surface area contributed by atoms with Gasteiger partial charge in [-0.05, 0) is 13.1 Å². The van der Waals surface area contributed by atoms with Gasteiger partial charge in [0.2, 0.25) is 18.0 Å². The van der Waals surface area contributed by atoms with Gasteiger partial charge in [-0.15, -0.1) is 0 Å². The number of nitrogens with zero attached hydrogens (tertiary/aromatic N) is 4. The van der Waals surface area contributed by atoms with E-state index in [0.29, 0.717) is 18.3 Å². The van der Waals surface area contributed by atoms with Gasteiger partial charge in [0.25, 0.3) is 11.8 Å². The molecule has 2 saturated heterocycles. The summed E-state index contributed by atoms with van der Waals surface area (Å²) in [6.07, 6.45) is -0.585. The van der Waals surface area contributed by atoms with Gasteiger partial charge in [0, 0.05) is 62.8 Å². The molecule has 3 aliphatic heterocycles. The Kier molecular flexibility index (Phi) is 9.03. The fourth-order valence-electron chi connectivity index (χ4n) is 4.97. The molecule has 1 aromatic heterocycles. The Morgan fingerprint density at radius 2 is 1.91 bits per heavy atom. The molecule has 0 unspecified atom stereocenters. The van der Waals surface area contributed by atoms with E-state index in [4.69, 9.17) is 18.9 Å². The van der Waals surface area contributed by atoms with Crippen molar-refractivity contribution < 1.29 is 42.1 Å². The molecule has 3 aliphatic rings. The molecule has 4 heterocycles. The summed E-state index contributed by atoms with van der Waals surface area (Å²) in [6.45, 7) is 6.95. The highest BCUT2D eigenvalue weighted by molar-refractivity contribution is 6.00. The van der Waals surface area contributed by atoms with Crippen LogP contribution in [0.5, 0.6) is 5.75 Å². The topological polar surface area (TPSA) is 132 Å². The van der Waals surface area contributed by atoms with Gasteiger partial charge < -0.3 is 33.7 Å². The van der Waals surface area contributed by atoms with E-state index in [9.17, 15) is 28.0 Å². The van der Waals surface area contributed by atoms with Gasteiger partial charge in [-0.3, -0.25) is 24.2 Å². The van der Waals surface area contributed by atoms with Gasteiger partial charge in [-0.2, -0.15) is 0 Å². The average Bonchev–Trinajstić information content (AvgIpc) is 3.35. The van der Waals surface area contributed by atoms with E-state index in [1.807, 2.05) is 7.05 Å². The Bertz CT molecular complexity index is 1490. The number of aromatic nitrogens is 1. The molecule has 0 radical (unpaired) electrons. The van der Waals surface area contributed by atoms with Gasteiger partial charge in [-0.25, -0.2) is 13.6 Å². The first-order valence-electron chi connectivity index (χ1n) is 13.6. The van der Waals surface area contributed by atoms with E-state index >= 15 is 0 Å². The van der Waals surface area contributed by atoms with Crippen LogP contribution in [0.25, 0.3) is 0 Å². The first kappa shape index (κ1) is 30.1. The Hall–Kier alpha value is -4.34. The molecule has 2 amide bonds. The first-order valence-corrected chi connectivity index (χ1v) is 13.6. The van der Waals surface area contributed by atoms with Crippen molar-refractivity contribution in [3.8, 4) is 5.75 Å². The standard InChI is InChI=1S/C28H31F2N5O8/c1-17-15-41-22-14-34-13-20(26(37)31-12-18-3-4-19(29)11-21(18)30)24(36)25(23(34)27(38)35(17)22)42-16-43-28(39)40-10-9-33-7-5-32(2)6-8-33/h3-4,11,13,22H,1,5-10,12,14-16H2,2H3,(H,31,37)/t22-/m1/s1. The van der Waals surface area contributed by atoms with E-state index in [0.717, 1.165) is 38.3 Å². The van der Waals surface area contributed by atoms with Crippen molar-refractivity contribution in [2.75, 3.05) is 59.8 Å². The van der Waals surface area contributed by atoms with Crippen LogP contribution in [-0.4, -0.2) is 103 Å². The predicted molar refractivity (Wildman–Crippen MR) is 145 cm³/mol. The van der Waals surface area contributed by atoms with Crippen LogP contribution in [0.3, 0.4) is 0 Å². The van der Waals surface area contributed by atoms with E-state index in [2.05, 4.69) is 21.7 Å². The number of likely N-dealkylation sites (N-methyl/N-ethyl adjacent to an activating group) is 1. The maximum atomic E-state index is 14.1. The van der Waals surface area contributed by atoms with E-state index < -0.39 is 59.4 Å². The molecule has 0 bridgehead atoms. The number of hydrogen-bond acceptors (Lipinski definition) is 10. The number of piperazine rings is 1. The van der Waals surface area contributed by atoms with E-state index in [-0.39, 0.29) is 37.6 Å². The number of carbonyl (C=O) groups is 3. The number of fused-ring (bicyclic) bond motifs is 2. The lowest BCUT2D eigenvalue weighted by Gasteiger charge is -2.32. The van der Waals surface area contributed by atoms with Crippen molar-refractivity contribution in [2.45, 2.75) is 19.3 Å². The molecule has 0 saturated carbocycles. The highest BCUT2D eigenvalue weighted by Gasteiger charge is 2.42. The minimum atomic E-state index is -1.04. The third-order valence-electron chi connectivity index (χ3n) is 7.39. The molecular weight excluding hydrogens is 572 g/mol. The van der Waals surface area contributed by atoms with Gasteiger partial charge >= 0.3 is 6.16 Å². The largest absolute Gasteiger partial charge is 0.511 e. The average molecular weight is 604 g/mol. The number of amides is 2. The second kappa shape index (κ2) is 12.9. The molecule has 13 nitrogen and oxygen atoms in total. The van der Waals surface area contributed by atoms with E-state index in [1.165, 1.54) is 15.7 Å². The molecular formula is C28H31F2N5O8. The third kappa shape index (κ3) is 6.68. The zero-order chi connectivity index (χ0) is 30.7. The summed E-state index contributed by atoms with van der Waals surface area (Å²) >= 11 is 0. The highest BCUT2D eigenvalue weighted by atomic mass is 19.1. The minimum absolute atomic E-state index is 0.00694. The Morgan fingerprint density at radius 1 is 1.14 bits per heavy atom. The molecule has 43 heavy (non-hydrogen) atoms. The number of rotatable bonds is 9. The maximum absolute atomic E-state index is 14.1. The summed E-state index contributed by atoms with van der Waals surface area (Å²) in [4.78, 5) is 57.6. The predicted octanol–water partition coefficient (Wildman–Crippen LogP) is 1.12. The van der Waals surface area contributed by atoms with Crippen molar-refractivity contribution in [3.05, 3.63) is 75.4 Å². The summed E-state index contributed by atoms with van der Waals surface area (Å²) in [5.41, 5.74) is -1.21. The van der Waals surface area contributed by atoms with Crippen LogP contribution in [0.2, 0.25) is 0 Å². The molecule has 5 rings (SSSR count). The normalized spacial score (nSPS) is 18.7. The van der Waals surface area contributed by atoms with Gasteiger partial charge in [0.1, 0.15) is 23.8 Å². The van der Waals surface area contributed by atoms with Crippen molar-refractivity contribution in [3.63, 3.8) is 0 Å². The first-order chi connectivity index (χ1) is 20.6. The summed E-state index contributed by atoms with van der Waals surface area (Å²) in [5, 5.41) is 2.42. The molecule has 1 atom stereocenters. The van der Waals surface area contributed by atoms with Crippen molar-refractivity contribution in [1.29, 1.82) is 0 Å². The second-order valence-corrected chi connectivity index (χ2v) is 10.3. The molecule has 2 aromatic rings. The van der Waals surface area contributed by atoms with Crippen molar-refractivity contribution >= 4 is 18.0 Å². The van der Waals surface area contributed by atoms with Crippen LogP contribution in [0.15, 0.2) is 41.5 Å². The number of ether oxygens (including phenoxy) is 4. The minimum Gasteiger partial charge on any atom is -0.451 e. The molecule has 230 valence electrons. The summed E-state index contributed by atoms with van der Waals surface area (Å²) in [6, 6.07) is 2.87. The Balaban J connectivity index is 1.29. The third-order valence-corrected chi connectivity index (χ3v) is 7.39. The summed E-state index contributed by atoms with van der Waals surface area (Å²) in [7, 11) is 2.03. The molecule has 2 fully saturated rings. The lowest BCUT2D eigenvalue weighted by molar-refractivity contribution is -0.00362. The van der Waals surface area contributed by atoms with Crippen molar-refractivity contribution in [1.82, 2.24) is 24.6 Å². The zero-order valence-electron chi connectivity index (χ0n) is 23.5. The van der Waals surface area contributed by atoms with Gasteiger partial charge in [-0.1, -0.05) is 12.6 Å². The van der Waals surface area contributed by atoms with Crippen LogP contribution in [-0.2, 0) is 27.3 Å². The Labute approximate surface area is 245 Å². The van der Waals surface area contributed by atoms with E-state index in [1.54, 1.807) is 0 Å². The number of hydrogen-bond donors (Lipinski definition) is 1. The fraction of sp³-hybridized carbons (Fsp3) is 0.429. The molecule has 15 heteroatoms. The maximum Gasteiger partial charge on any atom is 0.511 e. The smallest absolute Gasteiger partial charge is 0.451 e. The van der Waals surface area contributed by atoms with Crippen LogP contribution in [0, 0.1) is 11.6 Å². The quantitative estimate of drug-likeness (QED) is 0.329. The van der Waals surface area contributed by atoms with Crippen LogP contribution in [0.1, 0.15) is 26.4 Å². The lowest BCUT2D eigenvalue weighted by atomic mass is 10.1. The number of benzene rings is 1. The van der Waals surface area contributed by atoms with Gasteiger partial charge in [0.15, 0.2) is 11.9 Å². The molecule has 1 N–H and O–H groups in total. The number of halogens is 2. The number of carbonyl (C=O) groups excluding carboxylic acids is 3. The second-order valence-electron chi connectivity index (χ2n) is 10.3. The van der Waals surface area contributed by atoms with Crippen LogP contribution in [0.4, 0.5) is 13.6 Å². The van der Waals surface area contributed by atoms with Crippen LogP contribution >= 0.6 is 0 Å². The zero-order valence-corrected chi connectivity index (χ0v) is 23.5. The van der Waals surface area contributed by atoms with Crippen molar-refractivity contribution in [2.24, 2.45) is 0 Å². The van der Waals surface area contributed by atoms with Gasteiger partial charge in [0.05, 0.1) is 13.2 Å². The number of pyridine rings is 1. The summed E-state index contributed by atoms with van der Waals surface area (Å²) in [5.74, 6) is -3.73. The van der Waals surface area contributed by atoms with Crippen LogP contribution < -0.4 is 15.5 Å². The lowest BCUT2D eigenvalue weighted by Crippen LogP contribution is -2.46. The Morgan fingerprint density at radius 3 is 2.65 bits per heavy atom. The summed E-state index contributed by atoms with van der Waals surface area (Å²) < 4.78 is 49.8. The molecule has 0 aliphatic carbocycles. The molecule has 1 aromatic carbocycles. The number of nitrogens with one attached hydrogen (secondary N) is 1. The monoisotopic (exact) mass is 603 g/mol.